The number of hydrogen-bond acceptors (Lipinski definition) is 4. The molecular formula is C18H16N4O2. The number of amides is 1. The molecule has 0 bridgehead atoms. The summed E-state index contributed by atoms with van der Waals surface area (Å²) < 4.78 is 1.53. The Balaban J connectivity index is 1.60. The van der Waals surface area contributed by atoms with E-state index in [-0.39, 0.29) is 18.2 Å². The standard InChI is InChI=1S/C18H16N4O2/c1-11-5-4-6-12(9-11)19-17(24)14-10-16(23)22-15-8-3-2-7-13(15)20-18(22)21-14/h2-9,14H,10H2,1H3,(H,19,24)(H,20,21)/t14-/m1/s1. The molecule has 0 radical (unpaired) electrons. The summed E-state index contributed by atoms with van der Waals surface area (Å²) in [6.07, 6.45) is 0.0883. The molecule has 3 aromatic rings. The molecule has 0 saturated carbocycles. The zero-order valence-electron chi connectivity index (χ0n) is 13.1. The van der Waals surface area contributed by atoms with Crippen LogP contribution in [0.1, 0.15) is 16.8 Å². The lowest BCUT2D eigenvalue weighted by molar-refractivity contribution is -0.117. The molecule has 6 heteroatoms. The fourth-order valence-corrected chi connectivity index (χ4v) is 2.96. The molecule has 0 fully saturated rings. The second-order valence-corrected chi connectivity index (χ2v) is 5.91. The van der Waals surface area contributed by atoms with Crippen LogP contribution in [0.5, 0.6) is 0 Å². The normalized spacial score (nSPS) is 16.5. The Morgan fingerprint density at radius 2 is 2.08 bits per heavy atom. The molecule has 2 aromatic carbocycles. The van der Waals surface area contributed by atoms with Crippen molar-refractivity contribution in [2.45, 2.75) is 19.4 Å². The van der Waals surface area contributed by atoms with Crippen molar-refractivity contribution in [3.63, 3.8) is 0 Å². The summed E-state index contributed by atoms with van der Waals surface area (Å²) in [5.74, 6) is 0.0333. The van der Waals surface area contributed by atoms with Crippen molar-refractivity contribution in [1.82, 2.24) is 9.55 Å². The van der Waals surface area contributed by atoms with E-state index in [4.69, 9.17) is 0 Å². The molecule has 0 saturated heterocycles. The molecule has 24 heavy (non-hydrogen) atoms. The smallest absolute Gasteiger partial charge is 0.247 e. The van der Waals surface area contributed by atoms with Crippen LogP contribution in [0.4, 0.5) is 11.6 Å². The number of hydrogen-bond donors (Lipinski definition) is 2. The summed E-state index contributed by atoms with van der Waals surface area (Å²) in [6, 6.07) is 14.3. The van der Waals surface area contributed by atoms with Crippen LogP contribution in [0.2, 0.25) is 0 Å². The number of aryl methyl sites for hydroxylation is 1. The van der Waals surface area contributed by atoms with Crippen molar-refractivity contribution in [2.24, 2.45) is 0 Å². The number of rotatable bonds is 2. The zero-order chi connectivity index (χ0) is 16.7. The highest BCUT2D eigenvalue weighted by Gasteiger charge is 2.31. The lowest BCUT2D eigenvalue weighted by atomic mass is 10.1. The maximum atomic E-state index is 12.5. The lowest BCUT2D eigenvalue weighted by Gasteiger charge is -2.23. The number of fused-ring (bicyclic) bond motifs is 3. The molecule has 0 spiro atoms. The maximum absolute atomic E-state index is 12.5. The molecule has 1 aromatic heterocycles. The van der Waals surface area contributed by atoms with Gasteiger partial charge in [0.05, 0.1) is 17.5 Å². The second kappa shape index (κ2) is 5.49. The number of aromatic nitrogens is 2. The number of para-hydroxylation sites is 2. The predicted octanol–water partition coefficient (Wildman–Crippen LogP) is 2.81. The van der Waals surface area contributed by atoms with Gasteiger partial charge < -0.3 is 10.6 Å². The highest BCUT2D eigenvalue weighted by atomic mass is 16.2. The molecule has 6 nitrogen and oxygen atoms in total. The summed E-state index contributed by atoms with van der Waals surface area (Å²) in [7, 11) is 0. The highest BCUT2D eigenvalue weighted by molar-refractivity contribution is 6.04. The van der Waals surface area contributed by atoms with E-state index < -0.39 is 6.04 Å². The third kappa shape index (κ3) is 2.42. The van der Waals surface area contributed by atoms with Crippen LogP contribution in [0.25, 0.3) is 11.0 Å². The fraction of sp³-hybridized carbons (Fsp3) is 0.167. The van der Waals surface area contributed by atoms with Gasteiger partial charge in [-0.15, -0.1) is 0 Å². The first-order valence-electron chi connectivity index (χ1n) is 7.76. The van der Waals surface area contributed by atoms with Crippen molar-refractivity contribution >= 4 is 34.5 Å². The van der Waals surface area contributed by atoms with Gasteiger partial charge in [0.25, 0.3) is 0 Å². The van der Waals surface area contributed by atoms with Gasteiger partial charge in [-0.1, -0.05) is 24.3 Å². The predicted molar refractivity (Wildman–Crippen MR) is 92.2 cm³/mol. The molecular weight excluding hydrogens is 304 g/mol. The minimum atomic E-state index is -0.637. The zero-order valence-corrected chi connectivity index (χ0v) is 13.1. The van der Waals surface area contributed by atoms with Gasteiger partial charge in [-0.25, -0.2) is 9.55 Å². The van der Waals surface area contributed by atoms with Crippen molar-refractivity contribution in [3.05, 3.63) is 54.1 Å². The van der Waals surface area contributed by atoms with Crippen LogP contribution in [0, 0.1) is 6.92 Å². The molecule has 1 aliphatic rings. The van der Waals surface area contributed by atoms with E-state index in [1.807, 2.05) is 55.5 Å². The first-order chi connectivity index (χ1) is 11.6. The molecule has 1 aliphatic heterocycles. The monoisotopic (exact) mass is 320 g/mol. The number of benzene rings is 2. The molecule has 1 atom stereocenters. The van der Waals surface area contributed by atoms with Gasteiger partial charge in [0.15, 0.2) is 0 Å². The number of anilines is 2. The van der Waals surface area contributed by atoms with E-state index in [0.29, 0.717) is 11.6 Å². The summed E-state index contributed by atoms with van der Waals surface area (Å²) in [5, 5.41) is 5.92. The molecule has 2 N–H and O–H groups in total. The summed E-state index contributed by atoms with van der Waals surface area (Å²) in [5.41, 5.74) is 3.26. The van der Waals surface area contributed by atoms with Gasteiger partial charge in [-0.3, -0.25) is 9.59 Å². The Labute approximate surface area is 138 Å². The van der Waals surface area contributed by atoms with Gasteiger partial charge in [0, 0.05) is 5.69 Å². The van der Waals surface area contributed by atoms with Gasteiger partial charge in [-0.2, -0.15) is 0 Å². The third-order valence-electron chi connectivity index (χ3n) is 4.09. The van der Waals surface area contributed by atoms with Crippen molar-refractivity contribution in [2.75, 3.05) is 10.6 Å². The summed E-state index contributed by atoms with van der Waals surface area (Å²) >= 11 is 0. The molecule has 0 aliphatic carbocycles. The highest BCUT2D eigenvalue weighted by Crippen LogP contribution is 2.25. The van der Waals surface area contributed by atoms with E-state index >= 15 is 0 Å². The van der Waals surface area contributed by atoms with Gasteiger partial charge >= 0.3 is 0 Å². The van der Waals surface area contributed by atoms with Crippen LogP contribution in [0.15, 0.2) is 48.5 Å². The minimum absolute atomic E-state index is 0.0883. The molecule has 2 heterocycles. The first kappa shape index (κ1) is 14.4. The largest absolute Gasteiger partial charge is 0.343 e. The topological polar surface area (TPSA) is 76.0 Å². The van der Waals surface area contributed by atoms with E-state index in [0.717, 1.165) is 16.6 Å². The second-order valence-electron chi connectivity index (χ2n) is 5.91. The molecule has 120 valence electrons. The van der Waals surface area contributed by atoms with Crippen LogP contribution >= 0.6 is 0 Å². The Hall–Kier alpha value is -3.15. The Morgan fingerprint density at radius 1 is 1.25 bits per heavy atom. The number of carbonyl (C=O) groups is 2. The number of nitrogens with one attached hydrogen (secondary N) is 2. The number of imidazole rings is 1. The third-order valence-corrected chi connectivity index (χ3v) is 4.09. The Kier molecular flexibility index (Phi) is 3.30. The molecule has 0 unspecified atom stereocenters. The van der Waals surface area contributed by atoms with Crippen molar-refractivity contribution in [1.29, 1.82) is 0 Å². The summed E-state index contributed by atoms with van der Waals surface area (Å²) in [6.45, 7) is 1.96. The van der Waals surface area contributed by atoms with Crippen molar-refractivity contribution < 1.29 is 9.59 Å². The molecule has 4 rings (SSSR count). The fourth-order valence-electron chi connectivity index (χ4n) is 2.96. The van der Waals surface area contributed by atoms with Gasteiger partial charge in [0.2, 0.25) is 17.8 Å². The van der Waals surface area contributed by atoms with Crippen LogP contribution < -0.4 is 10.6 Å². The van der Waals surface area contributed by atoms with Gasteiger partial charge in [0.1, 0.15) is 6.04 Å². The van der Waals surface area contributed by atoms with Crippen LogP contribution in [-0.2, 0) is 4.79 Å². The average Bonchev–Trinajstić information content (AvgIpc) is 2.93. The minimum Gasteiger partial charge on any atom is -0.343 e. The van der Waals surface area contributed by atoms with Crippen molar-refractivity contribution in [3.8, 4) is 0 Å². The number of carbonyl (C=O) groups excluding carboxylic acids is 2. The quantitative estimate of drug-likeness (QED) is 0.761. The van der Waals surface area contributed by atoms with Gasteiger partial charge in [-0.05, 0) is 36.8 Å². The summed E-state index contributed by atoms with van der Waals surface area (Å²) in [4.78, 5) is 29.4. The molecule has 1 amide bonds. The number of nitrogens with zero attached hydrogens (tertiary/aromatic N) is 2. The van der Waals surface area contributed by atoms with E-state index in [2.05, 4.69) is 15.6 Å². The first-order valence-corrected chi connectivity index (χ1v) is 7.76. The van der Waals surface area contributed by atoms with Crippen LogP contribution in [-0.4, -0.2) is 27.4 Å². The van der Waals surface area contributed by atoms with E-state index in [9.17, 15) is 9.59 Å². The van der Waals surface area contributed by atoms with Crippen LogP contribution in [0.3, 0.4) is 0 Å². The maximum Gasteiger partial charge on any atom is 0.247 e. The average molecular weight is 320 g/mol. The van der Waals surface area contributed by atoms with E-state index in [1.54, 1.807) is 0 Å². The lowest BCUT2D eigenvalue weighted by Crippen LogP contribution is -2.42. The Bertz CT molecular complexity index is 961. The van der Waals surface area contributed by atoms with E-state index in [1.165, 1.54) is 4.57 Å². The Morgan fingerprint density at radius 3 is 2.92 bits per heavy atom. The SMILES string of the molecule is Cc1cccc(NC(=O)[C@H]2CC(=O)n3c(nc4ccccc43)N2)c1.